The number of benzene rings is 1. The Morgan fingerprint density at radius 2 is 1.65 bits per heavy atom. The van der Waals surface area contributed by atoms with E-state index in [1.807, 2.05) is 0 Å². The molecule has 0 bridgehead atoms. The first kappa shape index (κ1) is 12.5. The van der Waals surface area contributed by atoms with Crippen LogP contribution in [-0.2, 0) is 0 Å². The Labute approximate surface area is 100 Å². The van der Waals surface area contributed by atoms with E-state index in [9.17, 15) is 13.9 Å². The molecule has 1 aliphatic carbocycles. The molecule has 0 aromatic heterocycles. The number of hydrogen-bond donors (Lipinski definition) is 1. The molecule has 1 nitrogen and oxygen atoms in total. The van der Waals surface area contributed by atoms with Gasteiger partial charge in [-0.2, -0.15) is 0 Å². The largest absolute Gasteiger partial charge is 0.388 e. The van der Waals surface area contributed by atoms with E-state index < -0.39 is 17.7 Å². The van der Waals surface area contributed by atoms with Crippen LogP contribution in [-0.4, -0.2) is 5.11 Å². The van der Waals surface area contributed by atoms with E-state index in [1.165, 1.54) is 18.9 Å². The minimum atomic E-state index is -0.879. The Kier molecular flexibility index (Phi) is 4.11. The van der Waals surface area contributed by atoms with Gasteiger partial charge in [-0.15, -0.1) is 0 Å². The third-order valence-electron chi connectivity index (χ3n) is 3.63. The van der Waals surface area contributed by atoms with Crippen molar-refractivity contribution in [2.24, 2.45) is 5.92 Å². The van der Waals surface area contributed by atoms with Gasteiger partial charge in [0.15, 0.2) is 11.6 Å². The Morgan fingerprint density at radius 3 is 2.24 bits per heavy atom. The zero-order valence-corrected chi connectivity index (χ0v) is 9.83. The molecule has 2 rings (SSSR count). The van der Waals surface area contributed by atoms with Gasteiger partial charge < -0.3 is 5.11 Å². The van der Waals surface area contributed by atoms with Crippen molar-refractivity contribution >= 4 is 0 Å². The number of halogens is 2. The molecule has 17 heavy (non-hydrogen) atoms. The van der Waals surface area contributed by atoms with E-state index in [0.29, 0.717) is 5.56 Å². The van der Waals surface area contributed by atoms with E-state index in [2.05, 4.69) is 0 Å². The Balaban J connectivity index is 2.11. The number of aliphatic hydroxyl groups is 1. The maximum atomic E-state index is 13.1. The van der Waals surface area contributed by atoms with Crippen molar-refractivity contribution in [3.63, 3.8) is 0 Å². The van der Waals surface area contributed by atoms with Crippen LogP contribution in [0.3, 0.4) is 0 Å². The standard InChI is InChI=1S/C14H18F2O/c15-12-8-7-11(9-13(12)16)14(17)10-5-3-1-2-4-6-10/h7-10,14,17H,1-6H2/t14-/m0/s1. The van der Waals surface area contributed by atoms with E-state index >= 15 is 0 Å². The highest BCUT2D eigenvalue weighted by Crippen LogP contribution is 2.33. The van der Waals surface area contributed by atoms with E-state index in [0.717, 1.165) is 37.8 Å². The van der Waals surface area contributed by atoms with E-state index in [1.54, 1.807) is 0 Å². The summed E-state index contributed by atoms with van der Waals surface area (Å²) in [5.74, 6) is -1.56. The zero-order chi connectivity index (χ0) is 12.3. The lowest BCUT2D eigenvalue weighted by Crippen LogP contribution is -2.12. The fourth-order valence-corrected chi connectivity index (χ4v) is 2.60. The molecule has 0 amide bonds. The summed E-state index contributed by atoms with van der Waals surface area (Å²) >= 11 is 0. The molecule has 0 unspecified atom stereocenters. The van der Waals surface area contributed by atoms with Crippen molar-refractivity contribution in [1.29, 1.82) is 0 Å². The van der Waals surface area contributed by atoms with Crippen LogP contribution in [0.2, 0.25) is 0 Å². The third kappa shape index (κ3) is 3.03. The highest BCUT2D eigenvalue weighted by molar-refractivity contribution is 5.20. The average molecular weight is 240 g/mol. The van der Waals surface area contributed by atoms with Crippen LogP contribution in [0.15, 0.2) is 18.2 Å². The van der Waals surface area contributed by atoms with Gasteiger partial charge in [-0.05, 0) is 36.5 Å². The molecule has 0 radical (unpaired) electrons. The molecule has 1 N–H and O–H groups in total. The topological polar surface area (TPSA) is 20.2 Å². The van der Waals surface area contributed by atoms with Gasteiger partial charge in [0.25, 0.3) is 0 Å². The summed E-state index contributed by atoms with van der Waals surface area (Å²) in [4.78, 5) is 0. The van der Waals surface area contributed by atoms with Crippen LogP contribution >= 0.6 is 0 Å². The molecule has 1 aromatic rings. The summed E-state index contributed by atoms with van der Waals surface area (Å²) in [5, 5.41) is 10.2. The minimum Gasteiger partial charge on any atom is -0.388 e. The van der Waals surface area contributed by atoms with Crippen molar-refractivity contribution in [2.45, 2.75) is 44.6 Å². The lowest BCUT2D eigenvalue weighted by atomic mass is 9.89. The molecule has 0 saturated heterocycles. The van der Waals surface area contributed by atoms with Gasteiger partial charge in [0, 0.05) is 0 Å². The van der Waals surface area contributed by atoms with Crippen molar-refractivity contribution < 1.29 is 13.9 Å². The maximum Gasteiger partial charge on any atom is 0.159 e. The van der Waals surface area contributed by atoms with Gasteiger partial charge in [0.1, 0.15) is 0 Å². The summed E-state index contributed by atoms with van der Waals surface area (Å²) in [6.45, 7) is 0. The quantitative estimate of drug-likeness (QED) is 0.775. The lowest BCUT2D eigenvalue weighted by Gasteiger charge is -2.21. The maximum absolute atomic E-state index is 13.1. The van der Waals surface area contributed by atoms with E-state index in [4.69, 9.17) is 0 Å². The second-order valence-electron chi connectivity index (χ2n) is 4.87. The van der Waals surface area contributed by atoms with Crippen LogP contribution < -0.4 is 0 Å². The van der Waals surface area contributed by atoms with Crippen LogP contribution in [0.25, 0.3) is 0 Å². The minimum absolute atomic E-state index is 0.183. The second kappa shape index (κ2) is 5.58. The second-order valence-corrected chi connectivity index (χ2v) is 4.87. The van der Waals surface area contributed by atoms with Gasteiger partial charge in [-0.25, -0.2) is 8.78 Å². The Bertz CT molecular complexity index is 370. The molecule has 1 aliphatic rings. The first-order valence-electron chi connectivity index (χ1n) is 6.31. The molecule has 1 fully saturated rings. The van der Waals surface area contributed by atoms with Gasteiger partial charge >= 0.3 is 0 Å². The normalized spacial score (nSPS) is 19.9. The summed E-state index contributed by atoms with van der Waals surface area (Å²) in [5.41, 5.74) is 0.496. The summed E-state index contributed by atoms with van der Waals surface area (Å²) in [7, 11) is 0. The zero-order valence-electron chi connectivity index (χ0n) is 9.83. The summed E-state index contributed by atoms with van der Waals surface area (Å²) in [6, 6.07) is 3.68. The van der Waals surface area contributed by atoms with Crippen molar-refractivity contribution in [3.8, 4) is 0 Å². The predicted molar refractivity (Wildman–Crippen MR) is 62.5 cm³/mol. The number of aliphatic hydroxyl groups excluding tert-OH is 1. The average Bonchev–Trinajstić information content (AvgIpc) is 2.60. The van der Waals surface area contributed by atoms with Gasteiger partial charge in [-0.3, -0.25) is 0 Å². The highest BCUT2D eigenvalue weighted by atomic mass is 19.2. The molecule has 1 atom stereocenters. The van der Waals surface area contributed by atoms with Crippen LogP contribution in [0, 0.1) is 17.6 Å². The van der Waals surface area contributed by atoms with Crippen LogP contribution in [0.1, 0.15) is 50.2 Å². The fourth-order valence-electron chi connectivity index (χ4n) is 2.60. The first-order chi connectivity index (χ1) is 8.18. The molecule has 3 heteroatoms. The van der Waals surface area contributed by atoms with Gasteiger partial charge in [-0.1, -0.05) is 31.7 Å². The lowest BCUT2D eigenvalue weighted by molar-refractivity contribution is 0.0983. The molecular formula is C14H18F2O. The molecule has 94 valence electrons. The molecule has 0 heterocycles. The smallest absolute Gasteiger partial charge is 0.159 e. The molecule has 1 aromatic carbocycles. The Morgan fingerprint density at radius 1 is 1.00 bits per heavy atom. The van der Waals surface area contributed by atoms with Crippen molar-refractivity contribution in [3.05, 3.63) is 35.4 Å². The first-order valence-corrected chi connectivity index (χ1v) is 6.31. The van der Waals surface area contributed by atoms with Crippen molar-refractivity contribution in [1.82, 2.24) is 0 Å². The summed E-state index contributed by atoms with van der Waals surface area (Å²) < 4.78 is 25.9. The predicted octanol–water partition coefficient (Wildman–Crippen LogP) is 3.97. The molecular weight excluding hydrogens is 222 g/mol. The number of rotatable bonds is 2. The number of hydrogen-bond acceptors (Lipinski definition) is 1. The van der Waals surface area contributed by atoms with Crippen molar-refractivity contribution in [2.75, 3.05) is 0 Å². The fraction of sp³-hybridized carbons (Fsp3) is 0.571. The molecule has 0 spiro atoms. The summed E-state index contributed by atoms with van der Waals surface area (Å²) in [6.07, 6.45) is 5.93. The third-order valence-corrected chi connectivity index (χ3v) is 3.63. The molecule has 1 saturated carbocycles. The van der Waals surface area contributed by atoms with Gasteiger partial charge in [0.05, 0.1) is 6.10 Å². The Hall–Kier alpha value is -0.960. The SMILES string of the molecule is O[C@H](c1ccc(F)c(F)c1)C1CCCCCC1. The van der Waals surface area contributed by atoms with Crippen LogP contribution in [0.4, 0.5) is 8.78 Å². The van der Waals surface area contributed by atoms with Crippen LogP contribution in [0.5, 0.6) is 0 Å². The monoisotopic (exact) mass is 240 g/mol. The molecule has 0 aliphatic heterocycles. The van der Waals surface area contributed by atoms with E-state index in [-0.39, 0.29) is 5.92 Å². The highest BCUT2D eigenvalue weighted by Gasteiger charge is 2.22. The van der Waals surface area contributed by atoms with Gasteiger partial charge in [0.2, 0.25) is 0 Å².